The Balaban J connectivity index is 1.58. The maximum Gasteiger partial charge on any atom is 0.272 e. The number of carbonyl (C=O) groups excluding carboxylic acids is 1. The maximum atomic E-state index is 12.6. The average Bonchev–Trinajstić information content (AvgIpc) is 3.10. The zero-order valence-corrected chi connectivity index (χ0v) is 15.8. The molecular formula is C20H18N4O2S. The molecule has 4 aromatic rings. The Hall–Kier alpha value is -3.06. The number of thiazole rings is 1. The summed E-state index contributed by atoms with van der Waals surface area (Å²) in [6.45, 7) is 4.53. The third-order valence-corrected chi connectivity index (χ3v) is 5.46. The lowest BCUT2D eigenvalue weighted by Gasteiger charge is -2.10. The number of fused-ring (bicyclic) bond motifs is 2. The second-order valence-corrected chi connectivity index (χ2v) is 7.32. The summed E-state index contributed by atoms with van der Waals surface area (Å²) < 4.78 is 2.77. The number of amides is 1. The van der Waals surface area contributed by atoms with Crippen LogP contribution in [0.15, 0.2) is 47.3 Å². The van der Waals surface area contributed by atoms with E-state index < -0.39 is 0 Å². The van der Waals surface area contributed by atoms with Crippen molar-refractivity contribution in [1.29, 1.82) is 0 Å². The zero-order valence-electron chi connectivity index (χ0n) is 15.0. The van der Waals surface area contributed by atoms with Gasteiger partial charge in [-0.2, -0.15) is 0 Å². The van der Waals surface area contributed by atoms with Crippen molar-refractivity contribution >= 4 is 38.5 Å². The molecule has 0 saturated heterocycles. The van der Waals surface area contributed by atoms with Crippen molar-refractivity contribution in [3.63, 3.8) is 0 Å². The van der Waals surface area contributed by atoms with Crippen molar-refractivity contribution < 1.29 is 4.79 Å². The van der Waals surface area contributed by atoms with Crippen LogP contribution in [0.2, 0.25) is 0 Å². The highest BCUT2D eigenvalue weighted by Crippen LogP contribution is 2.21. The fourth-order valence-electron chi connectivity index (χ4n) is 3.08. The Kier molecular flexibility index (Phi) is 4.45. The van der Waals surface area contributed by atoms with E-state index in [0.717, 1.165) is 20.7 Å². The first kappa shape index (κ1) is 17.4. The van der Waals surface area contributed by atoms with Crippen molar-refractivity contribution in [1.82, 2.24) is 19.9 Å². The van der Waals surface area contributed by atoms with Gasteiger partial charge in [-0.3, -0.25) is 9.59 Å². The Morgan fingerprint density at radius 2 is 1.96 bits per heavy atom. The minimum absolute atomic E-state index is 0.0990. The average molecular weight is 378 g/mol. The van der Waals surface area contributed by atoms with Crippen LogP contribution in [0.3, 0.4) is 0 Å². The monoisotopic (exact) mass is 378 g/mol. The molecule has 2 aromatic carbocycles. The number of para-hydroxylation sites is 1. The number of aryl methyl sites for hydroxylation is 2. The van der Waals surface area contributed by atoms with Gasteiger partial charge in [0.1, 0.15) is 10.7 Å². The van der Waals surface area contributed by atoms with E-state index >= 15 is 0 Å². The predicted molar refractivity (Wildman–Crippen MR) is 107 cm³/mol. The van der Waals surface area contributed by atoms with E-state index in [9.17, 15) is 9.59 Å². The first-order valence-corrected chi connectivity index (χ1v) is 9.52. The molecule has 2 heterocycles. The molecule has 6 nitrogen and oxygen atoms in total. The first-order valence-electron chi connectivity index (χ1n) is 8.70. The van der Waals surface area contributed by atoms with Gasteiger partial charge in [0.05, 0.1) is 27.8 Å². The Morgan fingerprint density at radius 1 is 1.15 bits per heavy atom. The summed E-state index contributed by atoms with van der Waals surface area (Å²) in [4.78, 5) is 33.6. The van der Waals surface area contributed by atoms with Gasteiger partial charge in [0.15, 0.2) is 0 Å². The van der Waals surface area contributed by atoms with Gasteiger partial charge in [0.2, 0.25) is 0 Å². The molecule has 1 N–H and O–H groups in total. The predicted octanol–water partition coefficient (Wildman–Crippen LogP) is 3.26. The van der Waals surface area contributed by atoms with E-state index in [1.807, 2.05) is 31.2 Å². The van der Waals surface area contributed by atoms with Gasteiger partial charge in [0, 0.05) is 12.1 Å². The van der Waals surface area contributed by atoms with Crippen molar-refractivity contribution in [3.8, 4) is 0 Å². The van der Waals surface area contributed by atoms with Crippen LogP contribution in [0.5, 0.6) is 0 Å². The van der Waals surface area contributed by atoms with Crippen molar-refractivity contribution in [2.45, 2.75) is 26.9 Å². The Labute approximate surface area is 159 Å². The molecule has 1 amide bonds. The number of nitrogens with zero attached hydrogens (tertiary/aromatic N) is 3. The fourth-order valence-corrected chi connectivity index (χ4v) is 3.99. The Bertz CT molecular complexity index is 1190. The molecule has 2 aromatic heterocycles. The van der Waals surface area contributed by atoms with Gasteiger partial charge in [0.25, 0.3) is 11.5 Å². The van der Waals surface area contributed by atoms with Gasteiger partial charge >= 0.3 is 0 Å². The molecule has 0 aliphatic carbocycles. The molecule has 0 bridgehead atoms. The van der Waals surface area contributed by atoms with Crippen LogP contribution < -0.4 is 10.9 Å². The van der Waals surface area contributed by atoms with Crippen LogP contribution in [0.4, 0.5) is 0 Å². The highest BCUT2D eigenvalue weighted by atomic mass is 32.1. The summed E-state index contributed by atoms with van der Waals surface area (Å²) in [5.74, 6) is -0.190. The summed E-state index contributed by atoms with van der Waals surface area (Å²) >= 11 is 1.57. The van der Waals surface area contributed by atoms with E-state index in [-0.39, 0.29) is 11.5 Å². The van der Waals surface area contributed by atoms with E-state index in [2.05, 4.69) is 15.3 Å². The molecule has 4 rings (SSSR count). The lowest BCUT2D eigenvalue weighted by Crippen LogP contribution is -2.25. The van der Waals surface area contributed by atoms with Crippen LogP contribution in [0.25, 0.3) is 21.3 Å². The van der Waals surface area contributed by atoms with Gasteiger partial charge in [-0.15, -0.1) is 11.3 Å². The first-order chi connectivity index (χ1) is 13.1. The van der Waals surface area contributed by atoms with Crippen LogP contribution in [-0.2, 0) is 13.1 Å². The van der Waals surface area contributed by atoms with E-state index in [1.54, 1.807) is 41.0 Å². The summed E-state index contributed by atoms with van der Waals surface area (Å²) in [5, 5.41) is 3.77. The number of aromatic nitrogens is 3. The lowest BCUT2D eigenvalue weighted by molar-refractivity contribution is 0.0951. The SMILES string of the molecule is CCn1c(=O)c(C)nc2cc(C(=O)NCc3nc4ccccc4s3)ccc21. The maximum absolute atomic E-state index is 12.6. The van der Waals surface area contributed by atoms with E-state index in [4.69, 9.17) is 0 Å². The molecule has 27 heavy (non-hydrogen) atoms. The van der Waals surface area contributed by atoms with Gasteiger partial charge in [-0.05, 0) is 44.2 Å². The molecular weight excluding hydrogens is 360 g/mol. The number of hydrogen-bond acceptors (Lipinski definition) is 5. The number of carbonyl (C=O) groups is 1. The lowest BCUT2D eigenvalue weighted by atomic mass is 10.1. The second kappa shape index (κ2) is 6.92. The largest absolute Gasteiger partial charge is 0.346 e. The van der Waals surface area contributed by atoms with Gasteiger partial charge in [-0.1, -0.05) is 12.1 Å². The quantitative estimate of drug-likeness (QED) is 0.591. The van der Waals surface area contributed by atoms with Crippen molar-refractivity contribution in [2.75, 3.05) is 0 Å². The zero-order chi connectivity index (χ0) is 19.0. The van der Waals surface area contributed by atoms with Crippen LogP contribution in [-0.4, -0.2) is 20.4 Å². The molecule has 0 aliphatic heterocycles. The highest BCUT2D eigenvalue weighted by Gasteiger charge is 2.12. The summed E-state index contributed by atoms with van der Waals surface area (Å²) in [6, 6.07) is 13.1. The number of hydrogen-bond donors (Lipinski definition) is 1. The van der Waals surface area contributed by atoms with E-state index in [1.165, 1.54) is 0 Å². The van der Waals surface area contributed by atoms with Crippen molar-refractivity contribution in [3.05, 3.63) is 69.1 Å². The molecule has 0 aliphatic rings. The molecule has 0 unspecified atom stereocenters. The van der Waals surface area contributed by atoms with Crippen LogP contribution >= 0.6 is 11.3 Å². The third-order valence-electron chi connectivity index (χ3n) is 4.43. The number of benzene rings is 2. The smallest absolute Gasteiger partial charge is 0.272 e. The normalized spacial score (nSPS) is 11.2. The van der Waals surface area contributed by atoms with E-state index in [0.29, 0.717) is 29.9 Å². The van der Waals surface area contributed by atoms with Crippen molar-refractivity contribution in [2.24, 2.45) is 0 Å². The molecule has 0 spiro atoms. The van der Waals surface area contributed by atoms with Crippen LogP contribution in [0, 0.1) is 6.92 Å². The number of nitrogens with one attached hydrogen (secondary N) is 1. The fraction of sp³-hybridized carbons (Fsp3) is 0.200. The molecule has 7 heteroatoms. The second-order valence-electron chi connectivity index (χ2n) is 6.21. The molecule has 136 valence electrons. The summed E-state index contributed by atoms with van der Waals surface area (Å²) in [6.07, 6.45) is 0. The highest BCUT2D eigenvalue weighted by molar-refractivity contribution is 7.18. The van der Waals surface area contributed by atoms with Gasteiger partial charge < -0.3 is 9.88 Å². The number of rotatable bonds is 4. The summed E-state index contributed by atoms with van der Waals surface area (Å²) in [5.41, 5.74) is 3.15. The molecule has 0 radical (unpaired) electrons. The topological polar surface area (TPSA) is 76.9 Å². The molecule has 0 saturated carbocycles. The molecule has 0 atom stereocenters. The third kappa shape index (κ3) is 3.21. The summed E-state index contributed by atoms with van der Waals surface area (Å²) in [7, 11) is 0. The van der Waals surface area contributed by atoms with Crippen LogP contribution in [0.1, 0.15) is 28.0 Å². The standard InChI is InChI=1S/C20H18N4O2S/c1-3-24-16-9-8-13(10-15(16)22-12(2)20(24)26)19(25)21-11-18-23-14-6-4-5-7-17(14)27-18/h4-10H,3,11H2,1-2H3,(H,21,25). The Morgan fingerprint density at radius 3 is 2.74 bits per heavy atom. The van der Waals surface area contributed by atoms with Gasteiger partial charge in [-0.25, -0.2) is 9.97 Å². The molecule has 0 fully saturated rings. The minimum Gasteiger partial charge on any atom is -0.346 e. The minimum atomic E-state index is -0.190.